The van der Waals surface area contributed by atoms with Crippen LogP contribution in [-0.4, -0.2) is 22.0 Å². The lowest BCUT2D eigenvalue weighted by Crippen LogP contribution is -1.95. The third-order valence-corrected chi connectivity index (χ3v) is 3.16. The van der Waals surface area contributed by atoms with Crippen LogP contribution in [0.1, 0.15) is 0 Å². The van der Waals surface area contributed by atoms with E-state index in [1.165, 1.54) is 4.68 Å². The summed E-state index contributed by atoms with van der Waals surface area (Å²) < 4.78 is 6.57. The Bertz CT molecular complexity index is 735. The van der Waals surface area contributed by atoms with Crippen LogP contribution >= 0.6 is 11.6 Å². The Hall–Kier alpha value is -2.20. The fraction of sp³-hybridized carbons (Fsp3) is 0.0714. The molecule has 0 saturated heterocycles. The van der Waals surface area contributed by atoms with Gasteiger partial charge in [0.2, 0.25) is 5.88 Å². The molecule has 3 aromatic rings. The number of aromatic hydroxyl groups is 1. The summed E-state index contributed by atoms with van der Waals surface area (Å²) in [5.74, 6) is 0.847. The molecule has 1 N–H and O–H groups in total. The first-order valence-electron chi connectivity index (χ1n) is 5.71. The first-order chi connectivity index (χ1) is 9.19. The van der Waals surface area contributed by atoms with Crippen molar-refractivity contribution in [1.29, 1.82) is 0 Å². The molecule has 19 heavy (non-hydrogen) atoms. The number of aromatic nitrogens is 2. The molecule has 0 saturated carbocycles. The van der Waals surface area contributed by atoms with Crippen LogP contribution in [-0.2, 0) is 0 Å². The average molecular weight is 275 g/mol. The van der Waals surface area contributed by atoms with Crippen LogP contribution in [0.2, 0.25) is 5.02 Å². The van der Waals surface area contributed by atoms with Gasteiger partial charge in [-0.05, 0) is 42.5 Å². The quantitative estimate of drug-likeness (QED) is 0.779. The minimum Gasteiger partial charge on any atom is -0.497 e. The molecule has 4 nitrogen and oxygen atoms in total. The molecule has 0 aliphatic carbocycles. The van der Waals surface area contributed by atoms with Crippen LogP contribution in [0.3, 0.4) is 0 Å². The van der Waals surface area contributed by atoms with E-state index in [1.54, 1.807) is 25.3 Å². The highest BCUT2D eigenvalue weighted by molar-refractivity contribution is 6.31. The van der Waals surface area contributed by atoms with Gasteiger partial charge in [0.1, 0.15) is 5.75 Å². The molecule has 1 heterocycles. The van der Waals surface area contributed by atoms with E-state index in [2.05, 4.69) is 5.10 Å². The van der Waals surface area contributed by atoms with Crippen molar-refractivity contribution in [1.82, 2.24) is 9.78 Å². The zero-order chi connectivity index (χ0) is 13.4. The lowest BCUT2D eigenvalue weighted by atomic mass is 10.2. The summed E-state index contributed by atoms with van der Waals surface area (Å²) in [6.07, 6.45) is 0. The molecule has 0 amide bonds. The number of hydrogen-bond donors (Lipinski definition) is 1. The molecule has 5 heteroatoms. The van der Waals surface area contributed by atoms with Crippen molar-refractivity contribution in [2.75, 3.05) is 7.11 Å². The molecule has 0 bridgehead atoms. The predicted octanol–water partition coefficient (Wildman–Crippen LogP) is 3.39. The summed E-state index contributed by atoms with van der Waals surface area (Å²) >= 11 is 5.92. The minimum atomic E-state index is 0.0943. The Morgan fingerprint density at radius 2 is 1.89 bits per heavy atom. The smallest absolute Gasteiger partial charge is 0.222 e. The summed E-state index contributed by atoms with van der Waals surface area (Å²) in [5.41, 5.74) is 1.41. The van der Waals surface area contributed by atoms with E-state index in [0.717, 1.165) is 11.4 Å². The Morgan fingerprint density at radius 3 is 2.58 bits per heavy atom. The molecular formula is C14H11ClN2O2. The van der Waals surface area contributed by atoms with Gasteiger partial charge in [-0.15, -0.1) is 0 Å². The second-order valence-corrected chi connectivity index (χ2v) is 4.53. The van der Waals surface area contributed by atoms with E-state index in [1.807, 2.05) is 24.3 Å². The van der Waals surface area contributed by atoms with Gasteiger partial charge in [0.25, 0.3) is 0 Å². The van der Waals surface area contributed by atoms with Gasteiger partial charge in [-0.2, -0.15) is 5.10 Å². The van der Waals surface area contributed by atoms with Crippen LogP contribution in [0, 0.1) is 0 Å². The molecule has 0 aliphatic rings. The fourth-order valence-corrected chi connectivity index (χ4v) is 2.12. The van der Waals surface area contributed by atoms with Crippen LogP contribution < -0.4 is 4.74 Å². The van der Waals surface area contributed by atoms with E-state index in [4.69, 9.17) is 16.3 Å². The number of hydrogen-bond acceptors (Lipinski definition) is 3. The van der Waals surface area contributed by atoms with E-state index < -0.39 is 0 Å². The number of benzene rings is 2. The molecule has 0 spiro atoms. The molecule has 0 radical (unpaired) electrons. The monoisotopic (exact) mass is 274 g/mol. The van der Waals surface area contributed by atoms with Gasteiger partial charge in [-0.1, -0.05) is 11.6 Å². The molecule has 96 valence electrons. The largest absolute Gasteiger partial charge is 0.497 e. The molecule has 0 atom stereocenters. The second kappa shape index (κ2) is 4.48. The second-order valence-electron chi connectivity index (χ2n) is 4.09. The highest BCUT2D eigenvalue weighted by atomic mass is 35.5. The van der Waals surface area contributed by atoms with Gasteiger partial charge in [0, 0.05) is 5.02 Å². The SMILES string of the molecule is COc1ccc(-n2nc3cc(Cl)ccc3c2O)cc1. The van der Waals surface area contributed by atoms with Gasteiger partial charge in [0.05, 0.1) is 23.7 Å². The molecule has 1 aromatic heterocycles. The zero-order valence-electron chi connectivity index (χ0n) is 10.2. The van der Waals surface area contributed by atoms with Gasteiger partial charge >= 0.3 is 0 Å². The van der Waals surface area contributed by atoms with E-state index in [0.29, 0.717) is 15.9 Å². The highest BCUT2D eigenvalue weighted by Gasteiger charge is 2.11. The van der Waals surface area contributed by atoms with Crippen LogP contribution in [0.4, 0.5) is 0 Å². The van der Waals surface area contributed by atoms with Gasteiger partial charge in [0.15, 0.2) is 0 Å². The number of ether oxygens (including phenoxy) is 1. The fourth-order valence-electron chi connectivity index (χ4n) is 1.95. The standard InChI is InChI=1S/C14H11ClN2O2/c1-19-11-5-3-10(4-6-11)17-14(18)12-7-2-9(15)8-13(12)16-17/h2-8,18H,1H3. The molecule has 3 rings (SSSR count). The maximum atomic E-state index is 10.2. The average Bonchev–Trinajstić information content (AvgIpc) is 2.75. The van der Waals surface area contributed by atoms with Crippen molar-refractivity contribution < 1.29 is 9.84 Å². The first-order valence-corrected chi connectivity index (χ1v) is 6.08. The Balaban J connectivity index is 2.15. The highest BCUT2D eigenvalue weighted by Crippen LogP contribution is 2.29. The number of methoxy groups -OCH3 is 1. The van der Waals surface area contributed by atoms with E-state index in [-0.39, 0.29) is 5.88 Å². The number of nitrogens with zero attached hydrogens (tertiary/aromatic N) is 2. The third-order valence-electron chi connectivity index (χ3n) is 2.93. The topological polar surface area (TPSA) is 47.3 Å². The van der Waals surface area contributed by atoms with Gasteiger partial charge in [-0.25, -0.2) is 4.68 Å². The minimum absolute atomic E-state index is 0.0943. The first kappa shape index (κ1) is 11.9. The maximum absolute atomic E-state index is 10.2. The van der Waals surface area contributed by atoms with Crippen LogP contribution in [0.15, 0.2) is 42.5 Å². The summed E-state index contributed by atoms with van der Waals surface area (Å²) in [7, 11) is 1.61. The van der Waals surface area contributed by atoms with E-state index >= 15 is 0 Å². The lowest BCUT2D eigenvalue weighted by molar-refractivity contribution is 0.414. The van der Waals surface area contributed by atoms with Crippen LogP contribution in [0.5, 0.6) is 11.6 Å². The Labute approximate surface area is 114 Å². The van der Waals surface area contributed by atoms with Crippen molar-refractivity contribution in [2.24, 2.45) is 0 Å². The van der Waals surface area contributed by atoms with Crippen molar-refractivity contribution in [3.8, 4) is 17.3 Å². The van der Waals surface area contributed by atoms with Crippen LogP contribution in [0.25, 0.3) is 16.6 Å². The Morgan fingerprint density at radius 1 is 1.16 bits per heavy atom. The molecule has 0 aliphatic heterocycles. The number of rotatable bonds is 2. The van der Waals surface area contributed by atoms with Crippen molar-refractivity contribution >= 4 is 22.5 Å². The summed E-state index contributed by atoms with van der Waals surface area (Å²) in [4.78, 5) is 0. The molecule has 2 aromatic carbocycles. The molecule has 0 unspecified atom stereocenters. The van der Waals surface area contributed by atoms with Gasteiger partial charge in [-0.3, -0.25) is 0 Å². The maximum Gasteiger partial charge on any atom is 0.222 e. The van der Waals surface area contributed by atoms with E-state index in [9.17, 15) is 5.11 Å². The van der Waals surface area contributed by atoms with Gasteiger partial charge < -0.3 is 9.84 Å². The zero-order valence-corrected chi connectivity index (χ0v) is 10.9. The Kier molecular flexibility index (Phi) is 2.80. The summed E-state index contributed by atoms with van der Waals surface area (Å²) in [6, 6.07) is 12.5. The van der Waals surface area contributed by atoms with Crippen molar-refractivity contribution in [3.05, 3.63) is 47.5 Å². The lowest BCUT2D eigenvalue weighted by Gasteiger charge is -2.04. The van der Waals surface area contributed by atoms with Crippen molar-refractivity contribution in [2.45, 2.75) is 0 Å². The van der Waals surface area contributed by atoms with Crippen molar-refractivity contribution in [3.63, 3.8) is 0 Å². The predicted molar refractivity (Wildman–Crippen MR) is 74.3 cm³/mol. The number of fused-ring (bicyclic) bond motifs is 1. The summed E-state index contributed by atoms with van der Waals surface area (Å²) in [6.45, 7) is 0. The number of halogens is 1. The molecule has 0 fully saturated rings. The summed E-state index contributed by atoms with van der Waals surface area (Å²) in [5, 5.41) is 15.8. The molecular weight excluding hydrogens is 264 g/mol. The third kappa shape index (κ3) is 2.00. The normalized spacial score (nSPS) is 10.8.